The van der Waals surface area contributed by atoms with Crippen LogP contribution in [0.3, 0.4) is 0 Å². The molecule has 0 atom stereocenters. The standard InChI is InChI=1S/C40H55ClN4O9S2/c1-38(2,3)52-31(46)24-51-33-32(41)34(55-35(33)36(47)53-39(4,5)6)27-13-11-15-30(23-27)44-28-16-20-45(21-17-28)56(49,50)25-26-12-10-14-29(22-26)42-18-19-43-37(48)54-40(7,8)9/h10-15,22-23,28,42,44H,16-21,24-25H2,1-9H3,(H,43,48). The normalized spacial score (nSPS) is 14.5. The fraction of sp³-hybridized carbons (Fsp3) is 0.525. The Balaban J connectivity index is 1.37. The van der Waals surface area contributed by atoms with Crippen LogP contribution >= 0.6 is 22.9 Å². The first-order valence-electron chi connectivity index (χ1n) is 18.5. The summed E-state index contributed by atoms with van der Waals surface area (Å²) in [5.41, 5.74) is 0.861. The Hall–Kier alpha value is -4.05. The largest absolute Gasteiger partial charge is 0.479 e. The second-order valence-corrected chi connectivity index (χ2v) is 19.9. The number of amides is 1. The first-order valence-corrected chi connectivity index (χ1v) is 21.3. The SMILES string of the molecule is CC(C)(C)OC(=O)COc1c(C(=O)OC(C)(C)C)sc(-c2cccc(NC3CCN(S(=O)(=O)Cc4cccc(NCCNC(=O)OC(C)(C)C)c4)CC3)c2)c1Cl. The van der Waals surface area contributed by atoms with Gasteiger partial charge in [-0.25, -0.2) is 27.1 Å². The van der Waals surface area contributed by atoms with Crippen LogP contribution in [0, 0.1) is 0 Å². The number of anilines is 2. The van der Waals surface area contributed by atoms with Crippen molar-refractivity contribution in [2.75, 3.05) is 43.4 Å². The van der Waals surface area contributed by atoms with E-state index in [1.165, 1.54) is 4.31 Å². The molecule has 0 aliphatic carbocycles. The second-order valence-electron chi connectivity index (χ2n) is 16.5. The predicted octanol–water partition coefficient (Wildman–Crippen LogP) is 8.09. The van der Waals surface area contributed by atoms with Crippen molar-refractivity contribution in [2.24, 2.45) is 0 Å². The first kappa shape index (κ1) is 44.7. The number of rotatable bonds is 14. The van der Waals surface area contributed by atoms with Gasteiger partial charge >= 0.3 is 18.0 Å². The van der Waals surface area contributed by atoms with Crippen LogP contribution in [-0.2, 0) is 34.8 Å². The molecule has 0 radical (unpaired) electrons. The topological polar surface area (TPSA) is 162 Å². The second kappa shape index (κ2) is 18.5. The minimum atomic E-state index is -3.58. The van der Waals surface area contributed by atoms with Crippen molar-refractivity contribution in [3.8, 4) is 16.2 Å². The van der Waals surface area contributed by atoms with E-state index in [4.69, 9.17) is 30.5 Å². The molecule has 16 heteroatoms. The Morgan fingerprint density at radius 2 is 1.46 bits per heavy atom. The molecule has 1 aromatic heterocycles. The number of thiophene rings is 1. The lowest BCUT2D eigenvalue weighted by atomic mass is 10.1. The smallest absolute Gasteiger partial charge is 0.407 e. The van der Waals surface area contributed by atoms with E-state index in [-0.39, 0.29) is 27.4 Å². The summed E-state index contributed by atoms with van der Waals surface area (Å²) in [6.07, 6.45) is 0.700. The van der Waals surface area contributed by atoms with E-state index in [0.717, 1.165) is 28.3 Å². The molecule has 0 spiro atoms. The summed E-state index contributed by atoms with van der Waals surface area (Å²) in [4.78, 5) is 38.3. The van der Waals surface area contributed by atoms with Crippen LogP contribution in [-0.4, -0.2) is 86.4 Å². The number of nitrogens with one attached hydrogen (secondary N) is 3. The number of esters is 2. The van der Waals surface area contributed by atoms with Crippen LogP contribution in [0.2, 0.25) is 5.02 Å². The zero-order chi connectivity index (χ0) is 41.5. The molecule has 0 saturated carbocycles. The molecule has 2 heterocycles. The van der Waals surface area contributed by atoms with Crippen molar-refractivity contribution in [3.05, 3.63) is 64.0 Å². The van der Waals surface area contributed by atoms with Gasteiger partial charge in [-0.3, -0.25) is 0 Å². The summed E-state index contributed by atoms with van der Waals surface area (Å²) in [5, 5.41) is 9.61. The fourth-order valence-corrected chi connectivity index (χ4v) is 8.68. The van der Waals surface area contributed by atoms with E-state index in [0.29, 0.717) is 49.5 Å². The molecule has 308 valence electrons. The van der Waals surface area contributed by atoms with Gasteiger partial charge in [0.05, 0.1) is 10.6 Å². The molecule has 13 nitrogen and oxygen atoms in total. The monoisotopic (exact) mass is 834 g/mol. The average molecular weight is 835 g/mol. The number of piperidine rings is 1. The molecule has 3 aromatic rings. The minimum absolute atomic E-state index is 0.0161. The van der Waals surface area contributed by atoms with E-state index in [2.05, 4.69) is 16.0 Å². The molecular weight excluding hydrogens is 780 g/mol. The van der Waals surface area contributed by atoms with E-state index < -0.39 is 51.5 Å². The summed E-state index contributed by atoms with van der Waals surface area (Å²) >= 11 is 7.95. The lowest BCUT2D eigenvalue weighted by Crippen LogP contribution is -2.42. The first-order chi connectivity index (χ1) is 26.0. The molecule has 1 aliphatic rings. The number of carbonyl (C=O) groups excluding carboxylic acids is 3. The van der Waals surface area contributed by atoms with Gasteiger partial charge in [-0.1, -0.05) is 35.9 Å². The Morgan fingerprint density at radius 1 is 0.839 bits per heavy atom. The maximum Gasteiger partial charge on any atom is 0.407 e. The van der Waals surface area contributed by atoms with Crippen molar-refractivity contribution in [2.45, 2.75) is 104 Å². The third-order valence-corrected chi connectivity index (χ3v) is 11.4. The predicted molar refractivity (Wildman–Crippen MR) is 221 cm³/mol. The summed E-state index contributed by atoms with van der Waals surface area (Å²) in [7, 11) is -3.58. The number of hydrogen-bond acceptors (Lipinski definition) is 12. The lowest BCUT2D eigenvalue weighted by molar-refractivity contribution is -0.157. The quantitative estimate of drug-likeness (QED) is 0.0818. The summed E-state index contributed by atoms with van der Waals surface area (Å²) in [5.74, 6) is -1.31. The van der Waals surface area contributed by atoms with Crippen molar-refractivity contribution < 1.29 is 41.7 Å². The third kappa shape index (κ3) is 14.2. The van der Waals surface area contributed by atoms with Gasteiger partial charge in [-0.05, 0) is 111 Å². The number of hydrogen-bond donors (Lipinski definition) is 3. The minimum Gasteiger partial charge on any atom is -0.479 e. The average Bonchev–Trinajstić information content (AvgIpc) is 3.40. The van der Waals surface area contributed by atoms with Crippen molar-refractivity contribution in [1.82, 2.24) is 9.62 Å². The molecule has 56 heavy (non-hydrogen) atoms. The maximum absolute atomic E-state index is 13.5. The highest BCUT2D eigenvalue weighted by Gasteiger charge is 2.31. The van der Waals surface area contributed by atoms with Gasteiger partial charge < -0.3 is 34.9 Å². The maximum atomic E-state index is 13.5. The van der Waals surface area contributed by atoms with Crippen LogP contribution in [0.1, 0.15) is 90.4 Å². The van der Waals surface area contributed by atoms with Gasteiger partial charge in [0.2, 0.25) is 10.0 Å². The number of halogens is 1. The molecule has 1 amide bonds. The van der Waals surface area contributed by atoms with E-state index in [9.17, 15) is 22.8 Å². The van der Waals surface area contributed by atoms with Gasteiger partial charge in [0, 0.05) is 43.6 Å². The van der Waals surface area contributed by atoms with Crippen molar-refractivity contribution in [3.63, 3.8) is 0 Å². The number of ether oxygens (including phenoxy) is 4. The number of benzene rings is 2. The number of nitrogens with zero attached hydrogens (tertiary/aromatic N) is 1. The molecule has 2 aromatic carbocycles. The summed E-state index contributed by atoms with van der Waals surface area (Å²) < 4.78 is 50.5. The molecule has 0 bridgehead atoms. The lowest BCUT2D eigenvalue weighted by Gasteiger charge is -2.32. The van der Waals surface area contributed by atoms with Crippen LogP contribution in [0.25, 0.3) is 10.4 Å². The fourth-order valence-electron chi connectivity index (χ4n) is 5.69. The highest BCUT2D eigenvalue weighted by atomic mass is 35.5. The van der Waals surface area contributed by atoms with E-state index in [1.807, 2.05) is 30.3 Å². The molecule has 4 rings (SSSR count). The zero-order valence-corrected chi connectivity index (χ0v) is 36.1. The van der Waals surface area contributed by atoms with Crippen molar-refractivity contribution in [1.29, 1.82) is 0 Å². The number of carbonyl (C=O) groups is 3. The molecule has 1 aliphatic heterocycles. The van der Waals surface area contributed by atoms with Gasteiger partial charge in [0.25, 0.3) is 0 Å². The van der Waals surface area contributed by atoms with Crippen LogP contribution in [0.4, 0.5) is 16.2 Å². The number of sulfonamides is 1. The van der Waals surface area contributed by atoms with Crippen LogP contribution in [0.5, 0.6) is 5.75 Å². The molecule has 0 unspecified atom stereocenters. The van der Waals surface area contributed by atoms with E-state index in [1.54, 1.807) is 80.5 Å². The molecule has 1 saturated heterocycles. The van der Waals surface area contributed by atoms with Gasteiger partial charge in [-0.2, -0.15) is 0 Å². The van der Waals surface area contributed by atoms with Crippen molar-refractivity contribution >= 4 is 62.4 Å². The Labute approximate surface area is 339 Å². The highest BCUT2D eigenvalue weighted by molar-refractivity contribution is 7.88. The Morgan fingerprint density at radius 3 is 2.11 bits per heavy atom. The zero-order valence-electron chi connectivity index (χ0n) is 33.7. The van der Waals surface area contributed by atoms with Crippen LogP contribution < -0.4 is 20.7 Å². The van der Waals surface area contributed by atoms with Gasteiger partial charge in [-0.15, -0.1) is 11.3 Å². The molecular formula is C40H55ClN4O9S2. The summed E-state index contributed by atoms with van der Waals surface area (Å²) in [6, 6.07) is 14.8. The summed E-state index contributed by atoms with van der Waals surface area (Å²) in [6.45, 7) is 17.0. The highest BCUT2D eigenvalue weighted by Crippen LogP contribution is 2.46. The molecule has 3 N–H and O–H groups in total. The Kier molecular flexibility index (Phi) is 14.7. The van der Waals surface area contributed by atoms with Gasteiger partial charge in [0.15, 0.2) is 17.2 Å². The Bertz CT molecular complexity index is 1960. The molecule has 1 fully saturated rings. The third-order valence-electron chi connectivity index (χ3n) is 7.89. The van der Waals surface area contributed by atoms with E-state index >= 15 is 0 Å². The van der Waals surface area contributed by atoms with Crippen LogP contribution in [0.15, 0.2) is 48.5 Å². The van der Waals surface area contributed by atoms with Gasteiger partial charge in [0.1, 0.15) is 21.8 Å². The number of alkyl carbamates (subject to hydrolysis) is 1.